The van der Waals surface area contributed by atoms with Crippen molar-refractivity contribution in [2.24, 2.45) is 18.7 Å². The Hall–Kier alpha value is -1.35. The second-order valence-electron chi connectivity index (χ2n) is 5.85. The van der Waals surface area contributed by atoms with Crippen LogP contribution >= 0.6 is 0 Å². The fraction of sp³-hybridized carbons (Fsp3) is 0.588. The van der Waals surface area contributed by atoms with Crippen molar-refractivity contribution in [2.45, 2.75) is 46.0 Å². The van der Waals surface area contributed by atoms with Crippen molar-refractivity contribution in [3.05, 3.63) is 29.6 Å². The molecule has 20 heavy (non-hydrogen) atoms. The first-order valence-electron chi connectivity index (χ1n) is 7.77. The second-order valence-corrected chi connectivity index (χ2v) is 5.85. The molecule has 0 saturated heterocycles. The summed E-state index contributed by atoms with van der Waals surface area (Å²) in [5, 5.41) is 0. The summed E-state index contributed by atoms with van der Waals surface area (Å²) in [5.41, 5.74) is 9.34. The van der Waals surface area contributed by atoms with Crippen LogP contribution in [-0.4, -0.2) is 16.1 Å². The van der Waals surface area contributed by atoms with Crippen LogP contribution in [0.5, 0.6) is 0 Å². The van der Waals surface area contributed by atoms with E-state index < -0.39 is 0 Å². The van der Waals surface area contributed by atoms with E-state index in [2.05, 4.69) is 43.7 Å². The molecule has 2 aromatic rings. The lowest BCUT2D eigenvalue weighted by atomic mass is 9.94. The van der Waals surface area contributed by atoms with Gasteiger partial charge in [-0.1, -0.05) is 25.8 Å². The van der Waals surface area contributed by atoms with Crippen LogP contribution in [0, 0.1) is 12.8 Å². The number of rotatable bonds is 7. The summed E-state index contributed by atoms with van der Waals surface area (Å²) in [6, 6.07) is 6.49. The third-order valence-corrected chi connectivity index (χ3v) is 4.18. The molecule has 0 aliphatic rings. The third-order valence-electron chi connectivity index (χ3n) is 4.18. The standard InChI is InChI=1S/C17H27N3/c1-4-5-14(10-11-18)7-9-17-19-15-12-13(2)6-8-16(15)20(17)3/h6,8,12,14H,4-5,7,9-11,18H2,1-3H3. The molecule has 0 radical (unpaired) electrons. The van der Waals surface area contributed by atoms with Crippen LogP contribution in [0.4, 0.5) is 0 Å². The van der Waals surface area contributed by atoms with Gasteiger partial charge in [0.2, 0.25) is 0 Å². The predicted octanol–water partition coefficient (Wildman–Crippen LogP) is 3.58. The van der Waals surface area contributed by atoms with Gasteiger partial charge in [-0.25, -0.2) is 4.98 Å². The van der Waals surface area contributed by atoms with Gasteiger partial charge >= 0.3 is 0 Å². The smallest absolute Gasteiger partial charge is 0.109 e. The maximum absolute atomic E-state index is 5.72. The van der Waals surface area contributed by atoms with Gasteiger partial charge in [-0.05, 0) is 49.9 Å². The highest BCUT2D eigenvalue weighted by atomic mass is 15.1. The Kier molecular flexibility index (Phi) is 5.18. The molecule has 110 valence electrons. The van der Waals surface area contributed by atoms with E-state index in [-0.39, 0.29) is 0 Å². The normalized spacial score (nSPS) is 13.0. The molecule has 1 atom stereocenters. The van der Waals surface area contributed by atoms with Gasteiger partial charge in [0.25, 0.3) is 0 Å². The molecule has 1 unspecified atom stereocenters. The zero-order valence-corrected chi connectivity index (χ0v) is 13.0. The minimum absolute atomic E-state index is 0.742. The quantitative estimate of drug-likeness (QED) is 0.838. The van der Waals surface area contributed by atoms with Crippen molar-refractivity contribution in [1.82, 2.24) is 9.55 Å². The maximum atomic E-state index is 5.72. The average molecular weight is 273 g/mol. The van der Waals surface area contributed by atoms with E-state index in [0.717, 1.165) is 30.8 Å². The molecule has 0 aliphatic heterocycles. The first-order chi connectivity index (χ1) is 9.65. The van der Waals surface area contributed by atoms with Crippen LogP contribution < -0.4 is 5.73 Å². The fourth-order valence-electron chi connectivity index (χ4n) is 2.99. The number of benzene rings is 1. The molecule has 1 heterocycles. The molecule has 1 aromatic carbocycles. The first-order valence-corrected chi connectivity index (χ1v) is 7.77. The van der Waals surface area contributed by atoms with Gasteiger partial charge in [-0.2, -0.15) is 0 Å². The number of aryl methyl sites for hydroxylation is 3. The van der Waals surface area contributed by atoms with E-state index in [1.54, 1.807) is 0 Å². The summed E-state index contributed by atoms with van der Waals surface area (Å²) in [6.07, 6.45) is 5.90. The number of fused-ring (bicyclic) bond motifs is 1. The molecule has 0 amide bonds. The molecule has 3 heteroatoms. The molecule has 0 fully saturated rings. The molecule has 3 nitrogen and oxygen atoms in total. The summed E-state index contributed by atoms with van der Waals surface area (Å²) in [6.45, 7) is 5.17. The minimum atomic E-state index is 0.742. The summed E-state index contributed by atoms with van der Waals surface area (Å²) in [5.74, 6) is 1.94. The van der Waals surface area contributed by atoms with Crippen molar-refractivity contribution >= 4 is 11.0 Å². The van der Waals surface area contributed by atoms with E-state index in [0.29, 0.717) is 0 Å². The Bertz CT molecular complexity index is 551. The monoisotopic (exact) mass is 273 g/mol. The van der Waals surface area contributed by atoms with E-state index in [1.807, 2.05) is 0 Å². The molecule has 0 aliphatic carbocycles. The van der Waals surface area contributed by atoms with Gasteiger partial charge in [0.15, 0.2) is 0 Å². The van der Waals surface area contributed by atoms with Gasteiger partial charge in [0.1, 0.15) is 5.82 Å². The first kappa shape index (κ1) is 15.0. The van der Waals surface area contributed by atoms with E-state index in [9.17, 15) is 0 Å². The van der Waals surface area contributed by atoms with E-state index >= 15 is 0 Å². The zero-order chi connectivity index (χ0) is 14.5. The summed E-state index contributed by atoms with van der Waals surface area (Å²) in [4.78, 5) is 4.80. The predicted molar refractivity (Wildman–Crippen MR) is 85.8 cm³/mol. The van der Waals surface area contributed by atoms with Crippen molar-refractivity contribution in [3.63, 3.8) is 0 Å². The van der Waals surface area contributed by atoms with Crippen LogP contribution in [0.25, 0.3) is 11.0 Å². The highest BCUT2D eigenvalue weighted by Crippen LogP contribution is 2.21. The van der Waals surface area contributed by atoms with Crippen LogP contribution in [0.15, 0.2) is 18.2 Å². The summed E-state index contributed by atoms with van der Waals surface area (Å²) >= 11 is 0. The van der Waals surface area contributed by atoms with Crippen LogP contribution in [-0.2, 0) is 13.5 Å². The Balaban J connectivity index is 2.11. The molecular formula is C17H27N3. The second kappa shape index (κ2) is 6.89. The Morgan fingerprint density at radius 3 is 2.75 bits per heavy atom. The molecule has 1 aromatic heterocycles. The molecule has 0 bridgehead atoms. The van der Waals surface area contributed by atoms with Crippen LogP contribution in [0.1, 0.15) is 44.0 Å². The lowest BCUT2D eigenvalue weighted by Crippen LogP contribution is -2.11. The fourth-order valence-corrected chi connectivity index (χ4v) is 2.99. The number of hydrogen-bond acceptors (Lipinski definition) is 2. The Morgan fingerprint density at radius 1 is 1.25 bits per heavy atom. The van der Waals surface area contributed by atoms with Gasteiger partial charge in [0, 0.05) is 13.5 Å². The Morgan fingerprint density at radius 2 is 2.05 bits per heavy atom. The maximum Gasteiger partial charge on any atom is 0.109 e. The van der Waals surface area contributed by atoms with Gasteiger partial charge in [0.05, 0.1) is 11.0 Å². The van der Waals surface area contributed by atoms with Crippen molar-refractivity contribution in [1.29, 1.82) is 0 Å². The van der Waals surface area contributed by atoms with Gasteiger partial charge in [-0.15, -0.1) is 0 Å². The number of hydrogen-bond donors (Lipinski definition) is 1. The molecule has 0 spiro atoms. The topological polar surface area (TPSA) is 43.8 Å². The number of aromatic nitrogens is 2. The Labute approximate surface area is 122 Å². The lowest BCUT2D eigenvalue weighted by Gasteiger charge is -2.14. The average Bonchev–Trinajstić information content (AvgIpc) is 2.72. The summed E-state index contributed by atoms with van der Waals surface area (Å²) in [7, 11) is 2.12. The highest BCUT2D eigenvalue weighted by molar-refractivity contribution is 5.76. The van der Waals surface area contributed by atoms with Crippen molar-refractivity contribution in [2.75, 3.05) is 6.54 Å². The number of nitrogens with zero attached hydrogens (tertiary/aromatic N) is 2. The van der Waals surface area contributed by atoms with Gasteiger partial charge < -0.3 is 10.3 Å². The number of imidazole rings is 1. The minimum Gasteiger partial charge on any atom is -0.331 e. The molecule has 0 saturated carbocycles. The summed E-state index contributed by atoms with van der Waals surface area (Å²) < 4.78 is 2.24. The highest BCUT2D eigenvalue weighted by Gasteiger charge is 2.11. The molecule has 2 rings (SSSR count). The van der Waals surface area contributed by atoms with E-state index in [4.69, 9.17) is 10.7 Å². The van der Waals surface area contributed by atoms with Crippen molar-refractivity contribution < 1.29 is 0 Å². The number of nitrogens with two attached hydrogens (primary N) is 1. The van der Waals surface area contributed by atoms with Crippen LogP contribution in [0.2, 0.25) is 0 Å². The SMILES string of the molecule is CCCC(CCN)CCc1nc2cc(C)ccc2n1C. The lowest BCUT2D eigenvalue weighted by molar-refractivity contribution is 0.416. The third kappa shape index (κ3) is 3.40. The van der Waals surface area contributed by atoms with Crippen LogP contribution in [0.3, 0.4) is 0 Å². The largest absolute Gasteiger partial charge is 0.331 e. The molecule has 2 N–H and O–H groups in total. The van der Waals surface area contributed by atoms with Gasteiger partial charge in [-0.3, -0.25) is 0 Å². The van der Waals surface area contributed by atoms with E-state index in [1.165, 1.54) is 36.2 Å². The zero-order valence-electron chi connectivity index (χ0n) is 13.0. The van der Waals surface area contributed by atoms with Crippen molar-refractivity contribution in [3.8, 4) is 0 Å². The molecular weight excluding hydrogens is 246 g/mol.